The van der Waals surface area contributed by atoms with E-state index in [9.17, 15) is 14.0 Å². The van der Waals surface area contributed by atoms with Crippen LogP contribution in [0.5, 0.6) is 5.75 Å². The molecule has 2 fully saturated rings. The number of aliphatic hydroxyl groups excluding tert-OH is 1. The standard InChI is InChI=1S/C21H25FN4O4S/c22-16-4-3-15(17(14-16)30-21(29)26-5-1-2-6-26)13-18-19(28)23-20(31-18)25-9-7-24(8-10-25)11-12-27/h3-4,13-14,27H,1-2,5-12H2. The average molecular weight is 449 g/mol. The average Bonchev–Trinajstić information content (AvgIpc) is 3.41. The lowest BCUT2D eigenvalue weighted by atomic mass is 10.2. The fraction of sp³-hybridized carbons (Fsp3) is 0.476. The molecule has 3 aliphatic rings. The van der Waals surface area contributed by atoms with E-state index in [0.29, 0.717) is 35.3 Å². The maximum absolute atomic E-state index is 13.8. The Morgan fingerprint density at radius 1 is 1.19 bits per heavy atom. The third kappa shape index (κ3) is 5.25. The number of piperazine rings is 1. The van der Waals surface area contributed by atoms with Gasteiger partial charge in [0, 0.05) is 57.4 Å². The predicted octanol–water partition coefficient (Wildman–Crippen LogP) is 2.00. The number of thioether (sulfide) groups is 1. The highest BCUT2D eigenvalue weighted by Crippen LogP contribution is 2.33. The van der Waals surface area contributed by atoms with Gasteiger partial charge in [-0.25, -0.2) is 9.18 Å². The van der Waals surface area contributed by atoms with E-state index in [1.54, 1.807) is 11.0 Å². The van der Waals surface area contributed by atoms with Crippen molar-refractivity contribution in [3.63, 3.8) is 0 Å². The van der Waals surface area contributed by atoms with Gasteiger partial charge in [0.2, 0.25) is 0 Å². The Kier molecular flexibility index (Phi) is 6.89. The minimum Gasteiger partial charge on any atom is -0.409 e. The van der Waals surface area contributed by atoms with Crippen LogP contribution in [0.3, 0.4) is 0 Å². The number of nitrogens with zero attached hydrogens (tertiary/aromatic N) is 4. The first-order chi connectivity index (χ1) is 15.0. The summed E-state index contributed by atoms with van der Waals surface area (Å²) in [6, 6.07) is 3.92. The maximum Gasteiger partial charge on any atom is 0.415 e. The molecule has 1 aromatic rings. The molecule has 8 nitrogen and oxygen atoms in total. The van der Waals surface area contributed by atoms with Crippen molar-refractivity contribution >= 4 is 35.0 Å². The highest BCUT2D eigenvalue weighted by molar-refractivity contribution is 8.18. The molecule has 0 unspecified atom stereocenters. The van der Waals surface area contributed by atoms with Crippen molar-refractivity contribution in [1.82, 2.24) is 14.7 Å². The van der Waals surface area contributed by atoms with E-state index in [4.69, 9.17) is 9.84 Å². The molecule has 31 heavy (non-hydrogen) atoms. The summed E-state index contributed by atoms with van der Waals surface area (Å²) in [7, 11) is 0. The molecule has 0 atom stereocenters. The number of carbonyl (C=O) groups is 2. The molecule has 0 bridgehead atoms. The van der Waals surface area contributed by atoms with Crippen molar-refractivity contribution in [2.75, 3.05) is 52.4 Å². The highest BCUT2D eigenvalue weighted by Gasteiger charge is 2.29. The number of halogens is 1. The van der Waals surface area contributed by atoms with Gasteiger partial charge < -0.3 is 19.6 Å². The summed E-state index contributed by atoms with van der Waals surface area (Å²) >= 11 is 1.27. The molecule has 1 N–H and O–H groups in total. The quantitative estimate of drug-likeness (QED) is 0.705. The van der Waals surface area contributed by atoms with Crippen molar-refractivity contribution in [2.45, 2.75) is 12.8 Å². The second-order valence-electron chi connectivity index (χ2n) is 7.61. The summed E-state index contributed by atoms with van der Waals surface area (Å²) in [5.41, 5.74) is 0.453. The van der Waals surface area contributed by atoms with Crippen LogP contribution in [0, 0.1) is 5.82 Å². The number of hydrogen-bond acceptors (Lipinski definition) is 7. The Morgan fingerprint density at radius 2 is 1.94 bits per heavy atom. The maximum atomic E-state index is 13.8. The molecule has 166 valence electrons. The fourth-order valence-electron chi connectivity index (χ4n) is 3.75. The smallest absolute Gasteiger partial charge is 0.409 e. The molecule has 1 aromatic carbocycles. The van der Waals surface area contributed by atoms with E-state index in [2.05, 4.69) is 14.8 Å². The number of aliphatic imine (C=N–C) groups is 1. The fourth-order valence-corrected chi connectivity index (χ4v) is 4.71. The van der Waals surface area contributed by atoms with Gasteiger partial charge in [-0.2, -0.15) is 4.99 Å². The Morgan fingerprint density at radius 3 is 2.65 bits per heavy atom. The minimum atomic E-state index is -0.519. The lowest BCUT2D eigenvalue weighted by Gasteiger charge is -2.34. The third-order valence-corrected chi connectivity index (χ3v) is 6.54. The van der Waals surface area contributed by atoms with E-state index in [1.165, 1.54) is 23.9 Å². The third-order valence-electron chi connectivity index (χ3n) is 5.49. The summed E-state index contributed by atoms with van der Waals surface area (Å²) in [5, 5.41) is 9.71. The second-order valence-corrected chi connectivity index (χ2v) is 8.62. The number of rotatable bonds is 4. The summed E-state index contributed by atoms with van der Waals surface area (Å²) in [5.74, 6) is -0.794. The van der Waals surface area contributed by atoms with E-state index in [-0.39, 0.29) is 18.3 Å². The molecule has 3 aliphatic heterocycles. The molecule has 2 amide bonds. The Labute approximate surface area is 184 Å². The number of benzene rings is 1. The number of carbonyl (C=O) groups excluding carboxylic acids is 2. The summed E-state index contributed by atoms with van der Waals surface area (Å²) in [6.07, 6.45) is 2.94. The molecule has 0 spiro atoms. The zero-order valence-electron chi connectivity index (χ0n) is 17.1. The predicted molar refractivity (Wildman–Crippen MR) is 116 cm³/mol. The van der Waals surface area contributed by atoms with Crippen LogP contribution in [0.2, 0.25) is 0 Å². The van der Waals surface area contributed by atoms with E-state index in [0.717, 1.165) is 45.1 Å². The molecule has 0 radical (unpaired) electrons. The summed E-state index contributed by atoms with van der Waals surface area (Å²) < 4.78 is 19.3. The highest BCUT2D eigenvalue weighted by atomic mass is 32.2. The van der Waals surface area contributed by atoms with E-state index < -0.39 is 11.9 Å². The Bertz CT molecular complexity index is 909. The van der Waals surface area contributed by atoms with Crippen molar-refractivity contribution in [3.8, 4) is 5.75 Å². The van der Waals surface area contributed by atoms with Crippen LogP contribution in [0.1, 0.15) is 18.4 Å². The van der Waals surface area contributed by atoms with Gasteiger partial charge in [-0.3, -0.25) is 9.69 Å². The molecule has 10 heteroatoms. The number of aliphatic hydroxyl groups is 1. The Balaban J connectivity index is 1.45. The normalized spacial score (nSPS) is 21.2. The van der Waals surface area contributed by atoms with Gasteiger partial charge in [0.25, 0.3) is 5.91 Å². The number of likely N-dealkylation sites (tertiary alicyclic amines) is 1. The number of ether oxygens (including phenoxy) is 1. The SMILES string of the molecule is O=C1N=C(N2CCN(CCO)CC2)SC1=Cc1ccc(F)cc1OC(=O)N1CCCC1. The monoisotopic (exact) mass is 448 g/mol. The topological polar surface area (TPSA) is 85.7 Å². The number of β-amino-alcohol motifs (C(OH)–C–C–N with tert-alkyl or cyclic N) is 1. The minimum absolute atomic E-state index is 0.0869. The van der Waals surface area contributed by atoms with Crippen LogP contribution in [-0.2, 0) is 4.79 Å². The zero-order valence-corrected chi connectivity index (χ0v) is 17.9. The molecule has 0 saturated carbocycles. The molecule has 0 aromatic heterocycles. The zero-order chi connectivity index (χ0) is 21.8. The van der Waals surface area contributed by atoms with Gasteiger partial charge >= 0.3 is 6.09 Å². The van der Waals surface area contributed by atoms with Crippen molar-refractivity contribution < 1.29 is 23.8 Å². The van der Waals surface area contributed by atoms with Gasteiger partial charge in [-0.1, -0.05) is 0 Å². The van der Waals surface area contributed by atoms with Gasteiger partial charge in [0.05, 0.1) is 11.5 Å². The Hall–Kier alpha value is -2.43. The largest absolute Gasteiger partial charge is 0.415 e. The molecule has 2 saturated heterocycles. The van der Waals surface area contributed by atoms with Gasteiger partial charge in [-0.05, 0) is 42.8 Å². The first kappa shape index (κ1) is 21.8. The van der Waals surface area contributed by atoms with Gasteiger partial charge in [0.15, 0.2) is 5.17 Å². The first-order valence-electron chi connectivity index (χ1n) is 10.4. The van der Waals surface area contributed by atoms with Crippen molar-refractivity contribution in [2.24, 2.45) is 4.99 Å². The molecule has 0 aliphatic carbocycles. The van der Waals surface area contributed by atoms with Crippen LogP contribution in [0.4, 0.5) is 9.18 Å². The van der Waals surface area contributed by atoms with Gasteiger partial charge in [-0.15, -0.1) is 0 Å². The van der Waals surface area contributed by atoms with Crippen LogP contribution in [0.15, 0.2) is 28.1 Å². The van der Waals surface area contributed by atoms with E-state index >= 15 is 0 Å². The molecule has 3 heterocycles. The lowest BCUT2D eigenvalue weighted by Crippen LogP contribution is -2.48. The number of amides is 2. The van der Waals surface area contributed by atoms with Crippen molar-refractivity contribution in [3.05, 3.63) is 34.5 Å². The molecular weight excluding hydrogens is 423 g/mol. The number of hydrogen-bond donors (Lipinski definition) is 1. The second kappa shape index (κ2) is 9.80. The summed E-state index contributed by atoms with van der Waals surface area (Å²) in [6.45, 7) is 5.06. The number of amidine groups is 1. The van der Waals surface area contributed by atoms with Crippen LogP contribution in [-0.4, -0.2) is 89.4 Å². The van der Waals surface area contributed by atoms with E-state index in [1.807, 2.05) is 0 Å². The molecular formula is C21H25FN4O4S. The van der Waals surface area contributed by atoms with Crippen molar-refractivity contribution in [1.29, 1.82) is 0 Å². The summed E-state index contributed by atoms with van der Waals surface area (Å²) in [4.78, 5) is 35.2. The van der Waals surface area contributed by atoms with Crippen LogP contribution < -0.4 is 4.74 Å². The van der Waals surface area contributed by atoms with Crippen LogP contribution >= 0.6 is 11.8 Å². The molecule has 4 rings (SSSR count). The van der Waals surface area contributed by atoms with Crippen LogP contribution in [0.25, 0.3) is 6.08 Å². The lowest BCUT2D eigenvalue weighted by molar-refractivity contribution is -0.113. The first-order valence-corrected chi connectivity index (χ1v) is 11.2. The van der Waals surface area contributed by atoms with Gasteiger partial charge in [0.1, 0.15) is 11.6 Å².